The predicted molar refractivity (Wildman–Crippen MR) is 156 cm³/mol. The molecule has 3 rings (SSSR count). The van der Waals surface area contributed by atoms with Gasteiger partial charge in [0.1, 0.15) is 0 Å². The number of thioether (sulfide) groups is 2. The molecule has 0 saturated carbocycles. The molecule has 0 aliphatic heterocycles. The Morgan fingerprint density at radius 1 is 0.568 bits per heavy atom. The third-order valence-corrected chi connectivity index (χ3v) is 8.05. The molecular weight excluding hydrogens is 500 g/mol. The van der Waals surface area contributed by atoms with Crippen molar-refractivity contribution >= 4 is 39.8 Å². The standard InChI is InChI=1S/C30H34N2O3S2/c1-6-31(7-2)29(34)36-27-14-10-22(11-15-27)25-18-24(21(5)33)19-26(20-25)23-12-16-28(17-13-23)37-30(35)32(8-3)9-4/h10-20H,6-9H2,1-5H3. The van der Waals surface area contributed by atoms with Crippen molar-refractivity contribution in [2.45, 2.75) is 44.4 Å². The van der Waals surface area contributed by atoms with E-state index in [9.17, 15) is 14.4 Å². The van der Waals surface area contributed by atoms with E-state index in [1.165, 1.54) is 23.5 Å². The fourth-order valence-electron chi connectivity index (χ4n) is 3.89. The lowest BCUT2D eigenvalue weighted by Crippen LogP contribution is -2.26. The predicted octanol–water partition coefficient (Wildman–Crippen LogP) is 8.33. The first-order valence-electron chi connectivity index (χ1n) is 12.6. The van der Waals surface area contributed by atoms with Gasteiger partial charge in [0, 0.05) is 41.5 Å². The Kier molecular flexibility index (Phi) is 10.4. The number of ketones is 1. The average Bonchev–Trinajstić information content (AvgIpc) is 2.90. The maximum atomic E-state index is 12.4. The fraction of sp³-hybridized carbons (Fsp3) is 0.300. The van der Waals surface area contributed by atoms with E-state index >= 15 is 0 Å². The van der Waals surface area contributed by atoms with E-state index in [2.05, 4.69) is 6.07 Å². The summed E-state index contributed by atoms with van der Waals surface area (Å²) in [5, 5.41) is 0.0815. The summed E-state index contributed by atoms with van der Waals surface area (Å²) in [6.07, 6.45) is 0. The monoisotopic (exact) mass is 534 g/mol. The van der Waals surface area contributed by atoms with Crippen LogP contribution in [-0.2, 0) is 0 Å². The fourth-order valence-corrected chi connectivity index (χ4v) is 5.61. The lowest BCUT2D eigenvalue weighted by Gasteiger charge is -2.17. The SMILES string of the molecule is CCN(CC)C(=O)Sc1ccc(-c2cc(C(C)=O)cc(-c3ccc(SC(=O)N(CC)CC)cc3)c2)cc1. The van der Waals surface area contributed by atoms with Crippen LogP contribution in [-0.4, -0.2) is 52.2 Å². The second-order valence-electron chi connectivity index (χ2n) is 8.48. The summed E-state index contributed by atoms with van der Waals surface area (Å²) in [7, 11) is 0. The number of carbonyl (C=O) groups excluding carboxylic acids is 3. The summed E-state index contributed by atoms with van der Waals surface area (Å²) in [4.78, 5) is 42.5. The molecule has 2 amide bonds. The van der Waals surface area contributed by atoms with Crippen LogP contribution < -0.4 is 0 Å². The number of benzene rings is 3. The highest BCUT2D eigenvalue weighted by molar-refractivity contribution is 8.13. The van der Waals surface area contributed by atoms with Crippen molar-refractivity contribution in [3.63, 3.8) is 0 Å². The molecule has 7 heteroatoms. The maximum Gasteiger partial charge on any atom is 0.286 e. The minimum atomic E-state index is -0.00269. The lowest BCUT2D eigenvalue weighted by atomic mass is 9.95. The van der Waals surface area contributed by atoms with Gasteiger partial charge in [0.25, 0.3) is 10.5 Å². The Labute approximate surface area is 228 Å². The van der Waals surface area contributed by atoms with Gasteiger partial charge >= 0.3 is 0 Å². The van der Waals surface area contributed by atoms with Gasteiger partial charge in [-0.2, -0.15) is 0 Å². The molecule has 0 fully saturated rings. The van der Waals surface area contributed by atoms with Crippen LogP contribution in [0.5, 0.6) is 0 Å². The summed E-state index contributed by atoms with van der Waals surface area (Å²) in [6, 6.07) is 21.6. The van der Waals surface area contributed by atoms with E-state index in [-0.39, 0.29) is 16.3 Å². The topological polar surface area (TPSA) is 57.7 Å². The molecule has 0 bridgehead atoms. The zero-order valence-electron chi connectivity index (χ0n) is 22.1. The van der Waals surface area contributed by atoms with E-state index in [1.807, 2.05) is 88.4 Å². The average molecular weight is 535 g/mol. The molecule has 3 aromatic rings. The molecule has 0 aliphatic carbocycles. The number of carbonyl (C=O) groups is 3. The Morgan fingerprint density at radius 3 is 1.22 bits per heavy atom. The van der Waals surface area contributed by atoms with Crippen molar-refractivity contribution in [1.82, 2.24) is 9.80 Å². The first-order chi connectivity index (χ1) is 17.8. The van der Waals surface area contributed by atoms with Crippen LogP contribution in [0.3, 0.4) is 0 Å². The molecule has 0 atom stereocenters. The number of hydrogen-bond acceptors (Lipinski definition) is 5. The van der Waals surface area contributed by atoms with Crippen molar-refractivity contribution in [3.05, 3.63) is 72.3 Å². The molecule has 0 spiro atoms. The summed E-state index contributed by atoms with van der Waals surface area (Å²) in [6.45, 7) is 12.2. The van der Waals surface area contributed by atoms with Gasteiger partial charge in [-0.25, -0.2) is 0 Å². The van der Waals surface area contributed by atoms with Crippen molar-refractivity contribution < 1.29 is 14.4 Å². The highest BCUT2D eigenvalue weighted by Gasteiger charge is 2.14. The summed E-state index contributed by atoms with van der Waals surface area (Å²) >= 11 is 2.45. The van der Waals surface area contributed by atoms with E-state index in [0.29, 0.717) is 31.7 Å². The summed E-state index contributed by atoms with van der Waals surface area (Å²) < 4.78 is 0. The molecule has 3 aromatic carbocycles. The van der Waals surface area contributed by atoms with Crippen LogP contribution in [0.1, 0.15) is 45.0 Å². The second kappa shape index (κ2) is 13.5. The van der Waals surface area contributed by atoms with E-state index in [4.69, 9.17) is 0 Å². The van der Waals surface area contributed by atoms with Crippen LogP contribution in [0.15, 0.2) is 76.5 Å². The summed E-state index contributed by atoms with van der Waals surface area (Å²) in [5.74, 6) is -0.00269. The smallest absolute Gasteiger partial charge is 0.286 e. The van der Waals surface area contributed by atoms with Crippen LogP contribution in [0.2, 0.25) is 0 Å². The zero-order valence-corrected chi connectivity index (χ0v) is 23.7. The van der Waals surface area contributed by atoms with Gasteiger partial charge < -0.3 is 9.80 Å². The Bertz CT molecular complexity index is 1140. The van der Waals surface area contributed by atoms with Gasteiger partial charge in [0.05, 0.1) is 0 Å². The number of nitrogens with zero attached hydrogens (tertiary/aromatic N) is 2. The van der Waals surface area contributed by atoms with Crippen molar-refractivity contribution in [2.24, 2.45) is 0 Å². The molecule has 5 nitrogen and oxygen atoms in total. The highest BCUT2D eigenvalue weighted by Crippen LogP contribution is 2.32. The molecule has 0 aliphatic rings. The summed E-state index contributed by atoms with van der Waals surface area (Å²) in [5.41, 5.74) is 4.45. The van der Waals surface area contributed by atoms with Crippen LogP contribution in [0, 0.1) is 0 Å². The van der Waals surface area contributed by atoms with Gasteiger partial charge in [-0.15, -0.1) is 0 Å². The van der Waals surface area contributed by atoms with E-state index in [0.717, 1.165) is 32.0 Å². The highest BCUT2D eigenvalue weighted by atomic mass is 32.2. The molecule has 0 aromatic heterocycles. The Morgan fingerprint density at radius 2 is 0.919 bits per heavy atom. The molecule has 0 saturated heterocycles. The minimum absolute atomic E-state index is 0.00269. The van der Waals surface area contributed by atoms with Crippen LogP contribution in [0.25, 0.3) is 22.3 Å². The van der Waals surface area contributed by atoms with Gasteiger partial charge in [-0.1, -0.05) is 24.3 Å². The quantitative estimate of drug-likeness (QED) is 0.204. The van der Waals surface area contributed by atoms with Gasteiger partial charge in [-0.05, 0) is 123 Å². The molecule has 0 unspecified atom stereocenters. The number of rotatable bonds is 9. The molecule has 194 valence electrons. The second-order valence-corrected chi connectivity index (χ2v) is 10.5. The largest absolute Gasteiger partial charge is 0.334 e. The number of amides is 2. The normalized spacial score (nSPS) is 10.7. The third-order valence-electron chi connectivity index (χ3n) is 6.17. The molecule has 0 radical (unpaired) electrons. The Balaban J connectivity index is 1.85. The van der Waals surface area contributed by atoms with Crippen LogP contribution in [0.4, 0.5) is 9.59 Å². The van der Waals surface area contributed by atoms with Crippen molar-refractivity contribution in [2.75, 3.05) is 26.2 Å². The van der Waals surface area contributed by atoms with E-state index in [1.54, 1.807) is 16.7 Å². The number of hydrogen-bond donors (Lipinski definition) is 0. The maximum absolute atomic E-state index is 12.4. The van der Waals surface area contributed by atoms with Gasteiger partial charge in [0.2, 0.25) is 0 Å². The first-order valence-corrected chi connectivity index (χ1v) is 14.2. The first kappa shape index (κ1) is 28.5. The molecule has 0 N–H and O–H groups in total. The molecular formula is C30H34N2O3S2. The molecule has 37 heavy (non-hydrogen) atoms. The van der Waals surface area contributed by atoms with Crippen LogP contribution >= 0.6 is 23.5 Å². The van der Waals surface area contributed by atoms with Gasteiger partial charge in [0.15, 0.2) is 5.78 Å². The van der Waals surface area contributed by atoms with Crippen molar-refractivity contribution in [3.8, 4) is 22.3 Å². The Hall–Kier alpha value is -3.03. The van der Waals surface area contributed by atoms with Gasteiger partial charge in [-0.3, -0.25) is 14.4 Å². The van der Waals surface area contributed by atoms with Crippen molar-refractivity contribution in [1.29, 1.82) is 0 Å². The van der Waals surface area contributed by atoms with E-state index < -0.39 is 0 Å². The number of Topliss-reactive ketones (excluding diaryl/α,β-unsaturated/α-hetero) is 1. The minimum Gasteiger partial charge on any atom is -0.334 e. The third kappa shape index (κ3) is 7.49. The zero-order chi connectivity index (χ0) is 26.9. The lowest BCUT2D eigenvalue weighted by molar-refractivity contribution is 0.101. The molecule has 0 heterocycles.